The summed E-state index contributed by atoms with van der Waals surface area (Å²) < 4.78 is 0. The monoisotopic (exact) mass is 268 g/mol. The van der Waals surface area contributed by atoms with E-state index >= 15 is 0 Å². The zero-order chi connectivity index (χ0) is 14.7. The standard InChI is InChI=1S/C17H20N2O/c1-11-9-12(2)17(13(3)10-11)19-16-7-5-15(6-8-16)18-14(4)20/h5-10,19H,1-4H3,(H,18,20). The van der Waals surface area contributed by atoms with Crippen molar-refractivity contribution >= 4 is 23.0 Å². The molecule has 2 N–H and O–H groups in total. The van der Waals surface area contributed by atoms with Crippen molar-refractivity contribution in [3.05, 3.63) is 53.1 Å². The van der Waals surface area contributed by atoms with E-state index < -0.39 is 0 Å². The summed E-state index contributed by atoms with van der Waals surface area (Å²) in [6.45, 7) is 7.82. The van der Waals surface area contributed by atoms with Gasteiger partial charge in [-0.25, -0.2) is 0 Å². The molecule has 0 saturated heterocycles. The molecule has 104 valence electrons. The Labute approximate surface area is 120 Å². The Kier molecular flexibility index (Phi) is 4.08. The molecule has 2 rings (SSSR count). The molecule has 20 heavy (non-hydrogen) atoms. The lowest BCUT2D eigenvalue weighted by molar-refractivity contribution is -0.114. The van der Waals surface area contributed by atoms with Crippen LogP contribution < -0.4 is 10.6 Å². The number of benzene rings is 2. The summed E-state index contributed by atoms with van der Waals surface area (Å²) in [5.41, 5.74) is 6.69. The van der Waals surface area contributed by atoms with Gasteiger partial charge >= 0.3 is 0 Å². The van der Waals surface area contributed by atoms with Gasteiger partial charge in [-0.1, -0.05) is 17.7 Å². The Morgan fingerprint density at radius 3 is 1.90 bits per heavy atom. The van der Waals surface area contributed by atoms with Crippen molar-refractivity contribution in [3.8, 4) is 0 Å². The van der Waals surface area contributed by atoms with Crippen LogP contribution in [0, 0.1) is 20.8 Å². The number of hydrogen-bond donors (Lipinski definition) is 2. The molecule has 3 nitrogen and oxygen atoms in total. The molecule has 3 heteroatoms. The Bertz CT molecular complexity index is 607. The maximum absolute atomic E-state index is 11.0. The van der Waals surface area contributed by atoms with Crippen LogP contribution in [0.15, 0.2) is 36.4 Å². The Morgan fingerprint density at radius 1 is 0.900 bits per heavy atom. The van der Waals surface area contributed by atoms with Gasteiger partial charge < -0.3 is 10.6 Å². The Hall–Kier alpha value is -2.29. The minimum atomic E-state index is -0.0593. The second kappa shape index (κ2) is 5.78. The molecule has 1 amide bonds. The molecule has 0 bridgehead atoms. The smallest absolute Gasteiger partial charge is 0.221 e. The summed E-state index contributed by atoms with van der Waals surface area (Å²) in [6.07, 6.45) is 0. The van der Waals surface area contributed by atoms with E-state index in [2.05, 4.69) is 43.5 Å². The highest BCUT2D eigenvalue weighted by molar-refractivity contribution is 5.88. The zero-order valence-electron chi connectivity index (χ0n) is 12.4. The van der Waals surface area contributed by atoms with Crippen molar-refractivity contribution in [1.29, 1.82) is 0 Å². The van der Waals surface area contributed by atoms with Crippen LogP contribution in [0.2, 0.25) is 0 Å². The summed E-state index contributed by atoms with van der Waals surface area (Å²) in [7, 11) is 0. The number of hydrogen-bond acceptors (Lipinski definition) is 2. The van der Waals surface area contributed by atoms with Gasteiger partial charge in [0.15, 0.2) is 0 Å². The lowest BCUT2D eigenvalue weighted by atomic mass is 10.0. The fourth-order valence-corrected chi connectivity index (χ4v) is 2.36. The number of carbonyl (C=O) groups excluding carboxylic acids is 1. The third-order valence-corrected chi connectivity index (χ3v) is 3.15. The van der Waals surface area contributed by atoms with Gasteiger partial charge in [-0.2, -0.15) is 0 Å². The van der Waals surface area contributed by atoms with Crippen LogP contribution in [-0.4, -0.2) is 5.91 Å². The Morgan fingerprint density at radius 2 is 1.40 bits per heavy atom. The predicted molar refractivity (Wildman–Crippen MR) is 84.7 cm³/mol. The number of amides is 1. The summed E-state index contributed by atoms with van der Waals surface area (Å²) in [4.78, 5) is 11.0. The van der Waals surface area contributed by atoms with Gasteiger partial charge in [0, 0.05) is 24.0 Å². The molecule has 0 aliphatic heterocycles. The molecule has 0 saturated carbocycles. The van der Waals surface area contributed by atoms with Crippen LogP contribution in [-0.2, 0) is 4.79 Å². The van der Waals surface area contributed by atoms with Crippen molar-refractivity contribution < 1.29 is 4.79 Å². The molecule has 0 fully saturated rings. The molecule has 0 unspecified atom stereocenters. The lowest BCUT2D eigenvalue weighted by Gasteiger charge is -2.14. The summed E-state index contributed by atoms with van der Waals surface area (Å²) >= 11 is 0. The molecule has 2 aromatic carbocycles. The summed E-state index contributed by atoms with van der Waals surface area (Å²) in [5, 5.41) is 6.19. The van der Waals surface area contributed by atoms with Gasteiger partial charge in [0.1, 0.15) is 0 Å². The van der Waals surface area contributed by atoms with E-state index in [4.69, 9.17) is 0 Å². The van der Waals surface area contributed by atoms with Gasteiger partial charge in [-0.15, -0.1) is 0 Å². The third kappa shape index (κ3) is 3.38. The first-order valence-corrected chi connectivity index (χ1v) is 6.68. The molecule has 0 radical (unpaired) electrons. The van der Waals surface area contributed by atoms with Crippen LogP contribution in [0.3, 0.4) is 0 Å². The van der Waals surface area contributed by atoms with E-state index in [9.17, 15) is 4.79 Å². The molecule has 2 aromatic rings. The van der Waals surface area contributed by atoms with Crippen molar-refractivity contribution in [1.82, 2.24) is 0 Å². The molecule has 0 heterocycles. The molecule has 0 aliphatic carbocycles. The van der Waals surface area contributed by atoms with Crippen molar-refractivity contribution in [2.45, 2.75) is 27.7 Å². The van der Waals surface area contributed by atoms with Gasteiger partial charge in [0.25, 0.3) is 0 Å². The van der Waals surface area contributed by atoms with Crippen LogP contribution >= 0.6 is 0 Å². The predicted octanol–water partition coefficient (Wildman–Crippen LogP) is 4.31. The lowest BCUT2D eigenvalue weighted by Crippen LogP contribution is -2.05. The molecule has 0 atom stereocenters. The molecular formula is C17H20N2O. The average Bonchev–Trinajstić information content (AvgIpc) is 2.35. The fraction of sp³-hybridized carbons (Fsp3) is 0.235. The highest BCUT2D eigenvalue weighted by atomic mass is 16.1. The molecule has 0 aliphatic rings. The highest BCUT2D eigenvalue weighted by Gasteiger charge is 2.04. The number of carbonyl (C=O) groups is 1. The van der Waals surface area contributed by atoms with Crippen LogP contribution in [0.4, 0.5) is 17.1 Å². The third-order valence-electron chi connectivity index (χ3n) is 3.15. The maximum Gasteiger partial charge on any atom is 0.221 e. The zero-order valence-corrected chi connectivity index (χ0v) is 12.4. The van der Waals surface area contributed by atoms with E-state index in [-0.39, 0.29) is 5.91 Å². The first kappa shape index (κ1) is 14.1. The van der Waals surface area contributed by atoms with E-state index in [1.54, 1.807) is 0 Å². The van der Waals surface area contributed by atoms with Gasteiger partial charge in [-0.3, -0.25) is 4.79 Å². The normalized spacial score (nSPS) is 10.2. The second-order valence-electron chi connectivity index (χ2n) is 5.16. The molecule has 0 spiro atoms. The number of rotatable bonds is 3. The van der Waals surface area contributed by atoms with E-state index in [1.807, 2.05) is 24.3 Å². The van der Waals surface area contributed by atoms with Crippen molar-refractivity contribution in [2.24, 2.45) is 0 Å². The number of anilines is 3. The highest BCUT2D eigenvalue weighted by Crippen LogP contribution is 2.26. The fourth-order valence-electron chi connectivity index (χ4n) is 2.36. The van der Waals surface area contributed by atoms with Gasteiger partial charge in [-0.05, 0) is 56.2 Å². The van der Waals surface area contributed by atoms with E-state index in [0.29, 0.717) is 0 Å². The largest absolute Gasteiger partial charge is 0.355 e. The minimum absolute atomic E-state index is 0.0593. The van der Waals surface area contributed by atoms with E-state index in [1.165, 1.54) is 23.6 Å². The van der Waals surface area contributed by atoms with Crippen LogP contribution in [0.1, 0.15) is 23.6 Å². The summed E-state index contributed by atoms with van der Waals surface area (Å²) in [6, 6.07) is 12.0. The quantitative estimate of drug-likeness (QED) is 0.870. The van der Waals surface area contributed by atoms with E-state index in [0.717, 1.165) is 17.1 Å². The summed E-state index contributed by atoms with van der Waals surface area (Å²) in [5.74, 6) is -0.0593. The van der Waals surface area contributed by atoms with Crippen LogP contribution in [0.25, 0.3) is 0 Å². The first-order valence-electron chi connectivity index (χ1n) is 6.68. The Balaban J connectivity index is 2.20. The van der Waals surface area contributed by atoms with Crippen molar-refractivity contribution in [2.75, 3.05) is 10.6 Å². The second-order valence-corrected chi connectivity index (χ2v) is 5.16. The SMILES string of the molecule is CC(=O)Nc1ccc(Nc2c(C)cc(C)cc2C)cc1. The van der Waals surface area contributed by atoms with Gasteiger partial charge in [0.2, 0.25) is 5.91 Å². The topological polar surface area (TPSA) is 41.1 Å². The maximum atomic E-state index is 11.0. The van der Waals surface area contributed by atoms with Crippen molar-refractivity contribution in [3.63, 3.8) is 0 Å². The number of aryl methyl sites for hydroxylation is 3. The molecule has 0 aromatic heterocycles. The minimum Gasteiger partial charge on any atom is -0.355 e. The average molecular weight is 268 g/mol. The first-order chi connectivity index (χ1) is 9.45. The van der Waals surface area contributed by atoms with Gasteiger partial charge in [0.05, 0.1) is 0 Å². The number of nitrogens with one attached hydrogen (secondary N) is 2. The molecular weight excluding hydrogens is 248 g/mol. The van der Waals surface area contributed by atoms with Crippen LogP contribution in [0.5, 0.6) is 0 Å².